The van der Waals surface area contributed by atoms with Gasteiger partial charge in [-0.05, 0) is 41.8 Å². The fourth-order valence-corrected chi connectivity index (χ4v) is 8.03. The molecule has 0 atom stereocenters. The minimum atomic E-state index is 0.631. The predicted octanol–water partition coefficient (Wildman–Crippen LogP) is 11.7. The number of pyridine rings is 1. The Morgan fingerprint density at radius 2 is 0.885 bits per heavy atom. The quantitative estimate of drug-likeness (QED) is 0.176. The normalized spacial score (nSPS) is 11.8. The number of para-hydroxylation sites is 3. The monoisotopic (exact) mass is 663 g/mol. The van der Waals surface area contributed by atoms with E-state index in [-0.39, 0.29) is 0 Å². The second kappa shape index (κ2) is 11.2. The van der Waals surface area contributed by atoms with Gasteiger partial charge in [0, 0.05) is 49.3 Å². The third-order valence-corrected chi connectivity index (χ3v) is 10.3. The number of benzene rings is 7. The minimum absolute atomic E-state index is 0.631. The highest BCUT2D eigenvalue weighted by Gasteiger charge is 2.21. The first-order valence-electron chi connectivity index (χ1n) is 17.5. The lowest BCUT2D eigenvalue weighted by atomic mass is 10.0. The molecule has 5 heteroatoms. The lowest BCUT2D eigenvalue weighted by Crippen LogP contribution is -2.01. The molecule has 52 heavy (non-hydrogen) atoms. The predicted molar refractivity (Wildman–Crippen MR) is 214 cm³/mol. The third-order valence-electron chi connectivity index (χ3n) is 10.3. The highest BCUT2D eigenvalue weighted by molar-refractivity contribution is 6.28. The van der Waals surface area contributed by atoms with Crippen LogP contribution in [-0.4, -0.2) is 23.9 Å². The Morgan fingerprint density at radius 3 is 1.60 bits per heavy atom. The maximum absolute atomic E-state index is 5.06. The summed E-state index contributed by atoms with van der Waals surface area (Å²) in [5, 5.41) is 7.34. The summed E-state index contributed by atoms with van der Waals surface area (Å²) in [4.78, 5) is 15.1. The van der Waals surface area contributed by atoms with Crippen LogP contribution in [-0.2, 0) is 0 Å². The van der Waals surface area contributed by atoms with E-state index in [2.05, 4.69) is 124 Å². The molecule has 0 aliphatic heterocycles. The van der Waals surface area contributed by atoms with Crippen LogP contribution in [0.4, 0.5) is 0 Å². The summed E-state index contributed by atoms with van der Waals surface area (Å²) in [6.07, 6.45) is 0. The Hall–Kier alpha value is -7.11. The van der Waals surface area contributed by atoms with Crippen LogP contribution >= 0.6 is 0 Å². The van der Waals surface area contributed by atoms with Crippen LogP contribution < -0.4 is 0 Å². The zero-order valence-electron chi connectivity index (χ0n) is 28.0. The van der Waals surface area contributed by atoms with Gasteiger partial charge in [-0.15, -0.1) is 0 Å². The fourth-order valence-electron chi connectivity index (χ4n) is 8.03. The van der Waals surface area contributed by atoms with E-state index in [1.807, 2.05) is 60.7 Å². The van der Waals surface area contributed by atoms with Gasteiger partial charge in [0.15, 0.2) is 17.5 Å². The molecule has 4 aromatic heterocycles. The molecule has 0 amide bonds. The highest BCUT2D eigenvalue weighted by Crippen LogP contribution is 2.42. The molecular weight excluding hydrogens is 635 g/mol. The molecule has 242 valence electrons. The topological polar surface area (TPSA) is 48.0 Å². The molecule has 0 saturated heterocycles. The van der Waals surface area contributed by atoms with Gasteiger partial charge in [0.1, 0.15) is 0 Å². The SMILES string of the molecule is c1ccc(-c2nc(-c3ccccc3)nc(-c3cccc(-n4c5ccccc5c5ccc6c7ccccc7n7c8ccccc8cc7c6c54)c3)n2)cc1. The molecule has 0 bridgehead atoms. The fraction of sp³-hybridized carbons (Fsp3) is 0. The first-order chi connectivity index (χ1) is 25.8. The number of fused-ring (bicyclic) bond motifs is 12. The number of nitrogens with zero attached hydrogens (tertiary/aromatic N) is 5. The standard InChI is InChI=1S/C47H29N5/c1-3-14-30(15-4-1)45-48-46(31-16-5-2-6-17-31)50-47(49-45)33-19-13-20-34(28-33)51-40-24-11-9-22-36(40)38-27-26-37-35-21-8-12-25-41(35)52-39-23-10-7-18-32(39)29-42(52)43(37)44(38)51/h1-29H. The Morgan fingerprint density at radius 1 is 0.346 bits per heavy atom. The number of rotatable bonds is 4. The van der Waals surface area contributed by atoms with E-state index in [0.717, 1.165) is 27.9 Å². The van der Waals surface area contributed by atoms with Crippen LogP contribution in [0.5, 0.6) is 0 Å². The summed E-state index contributed by atoms with van der Waals surface area (Å²) in [5.41, 5.74) is 9.79. The molecule has 0 fully saturated rings. The van der Waals surface area contributed by atoms with Gasteiger partial charge < -0.3 is 8.97 Å². The molecule has 0 saturated carbocycles. The first-order valence-corrected chi connectivity index (χ1v) is 17.5. The average molecular weight is 664 g/mol. The van der Waals surface area contributed by atoms with E-state index < -0.39 is 0 Å². The van der Waals surface area contributed by atoms with Crippen molar-refractivity contribution in [1.29, 1.82) is 0 Å². The molecule has 0 aliphatic rings. The molecule has 0 aliphatic carbocycles. The Labute approximate surface area is 298 Å². The molecule has 0 N–H and O–H groups in total. The third kappa shape index (κ3) is 4.26. The van der Waals surface area contributed by atoms with E-state index in [1.165, 1.54) is 54.4 Å². The largest absolute Gasteiger partial charge is 0.309 e. The average Bonchev–Trinajstić information content (AvgIpc) is 3.78. The van der Waals surface area contributed by atoms with Crippen LogP contribution in [0.2, 0.25) is 0 Å². The van der Waals surface area contributed by atoms with E-state index in [9.17, 15) is 0 Å². The van der Waals surface area contributed by atoms with Gasteiger partial charge in [-0.3, -0.25) is 0 Å². The molecule has 0 unspecified atom stereocenters. The second-order valence-electron chi connectivity index (χ2n) is 13.3. The lowest BCUT2D eigenvalue weighted by Gasteiger charge is -2.15. The molecule has 7 aromatic carbocycles. The summed E-state index contributed by atoms with van der Waals surface area (Å²) in [5.74, 6) is 1.92. The van der Waals surface area contributed by atoms with Gasteiger partial charge in [0.25, 0.3) is 0 Å². The molecule has 0 radical (unpaired) electrons. The van der Waals surface area contributed by atoms with Crippen molar-refractivity contribution in [3.05, 3.63) is 176 Å². The van der Waals surface area contributed by atoms with Crippen LogP contribution in [0.3, 0.4) is 0 Å². The highest BCUT2D eigenvalue weighted by atomic mass is 15.0. The Kier molecular flexibility index (Phi) is 6.18. The molecule has 4 heterocycles. The van der Waals surface area contributed by atoms with Crippen LogP contribution in [0.25, 0.3) is 99.8 Å². The summed E-state index contributed by atoms with van der Waals surface area (Å²) >= 11 is 0. The molecule has 5 nitrogen and oxygen atoms in total. The van der Waals surface area contributed by atoms with Crippen LogP contribution in [0.1, 0.15) is 0 Å². The molecule has 11 rings (SSSR count). The zero-order valence-corrected chi connectivity index (χ0v) is 28.0. The van der Waals surface area contributed by atoms with E-state index in [4.69, 9.17) is 15.0 Å². The van der Waals surface area contributed by atoms with Crippen molar-refractivity contribution in [3.8, 4) is 39.9 Å². The van der Waals surface area contributed by atoms with Gasteiger partial charge in [-0.2, -0.15) is 0 Å². The maximum atomic E-state index is 5.06. The van der Waals surface area contributed by atoms with Gasteiger partial charge in [0.2, 0.25) is 0 Å². The van der Waals surface area contributed by atoms with Gasteiger partial charge >= 0.3 is 0 Å². The first kappa shape index (κ1) is 28.7. The van der Waals surface area contributed by atoms with E-state index >= 15 is 0 Å². The van der Waals surface area contributed by atoms with Crippen molar-refractivity contribution in [2.45, 2.75) is 0 Å². The Balaban J connectivity index is 1.23. The van der Waals surface area contributed by atoms with Crippen LogP contribution in [0.15, 0.2) is 176 Å². The number of aromatic nitrogens is 5. The Bertz CT molecular complexity index is 3120. The number of hydrogen-bond donors (Lipinski definition) is 0. The van der Waals surface area contributed by atoms with Crippen molar-refractivity contribution >= 4 is 59.9 Å². The zero-order chi connectivity index (χ0) is 34.2. The molecule has 0 spiro atoms. The van der Waals surface area contributed by atoms with Crippen molar-refractivity contribution in [1.82, 2.24) is 23.9 Å². The second-order valence-corrected chi connectivity index (χ2v) is 13.3. The summed E-state index contributed by atoms with van der Waals surface area (Å²) < 4.78 is 4.87. The number of hydrogen-bond acceptors (Lipinski definition) is 3. The van der Waals surface area contributed by atoms with Crippen molar-refractivity contribution < 1.29 is 0 Å². The maximum Gasteiger partial charge on any atom is 0.164 e. The van der Waals surface area contributed by atoms with Gasteiger partial charge in [-0.1, -0.05) is 140 Å². The van der Waals surface area contributed by atoms with Gasteiger partial charge in [0.05, 0.1) is 27.6 Å². The van der Waals surface area contributed by atoms with Gasteiger partial charge in [-0.25, -0.2) is 15.0 Å². The lowest BCUT2D eigenvalue weighted by molar-refractivity contribution is 1.07. The molecular formula is C47H29N5. The minimum Gasteiger partial charge on any atom is -0.309 e. The van der Waals surface area contributed by atoms with E-state index in [1.54, 1.807) is 0 Å². The van der Waals surface area contributed by atoms with Crippen molar-refractivity contribution in [2.75, 3.05) is 0 Å². The van der Waals surface area contributed by atoms with Crippen molar-refractivity contribution in [3.63, 3.8) is 0 Å². The van der Waals surface area contributed by atoms with Crippen molar-refractivity contribution in [2.24, 2.45) is 0 Å². The van der Waals surface area contributed by atoms with E-state index in [0.29, 0.717) is 17.5 Å². The summed E-state index contributed by atoms with van der Waals surface area (Å²) in [6.45, 7) is 0. The summed E-state index contributed by atoms with van der Waals surface area (Å²) in [6, 6.07) is 62.0. The summed E-state index contributed by atoms with van der Waals surface area (Å²) in [7, 11) is 0. The van der Waals surface area contributed by atoms with Crippen LogP contribution in [0, 0.1) is 0 Å². The molecule has 11 aromatic rings. The smallest absolute Gasteiger partial charge is 0.164 e.